The van der Waals surface area contributed by atoms with E-state index in [0.29, 0.717) is 37.2 Å². The van der Waals surface area contributed by atoms with Gasteiger partial charge in [-0.25, -0.2) is 0 Å². The van der Waals surface area contributed by atoms with Crippen LogP contribution in [0.25, 0.3) is 0 Å². The smallest absolute Gasteiger partial charge is 0.234 e. The highest BCUT2D eigenvalue weighted by Gasteiger charge is 2.22. The number of amides is 1. The number of piperazine rings is 1. The molecule has 1 saturated heterocycles. The Kier molecular flexibility index (Phi) is 6.67. The van der Waals surface area contributed by atoms with E-state index >= 15 is 0 Å². The highest BCUT2D eigenvalue weighted by atomic mass is 16.5. The van der Waals surface area contributed by atoms with Crippen molar-refractivity contribution >= 4 is 5.91 Å². The van der Waals surface area contributed by atoms with Gasteiger partial charge in [0.15, 0.2) is 11.5 Å². The molecule has 1 heterocycles. The molecule has 23 heavy (non-hydrogen) atoms. The van der Waals surface area contributed by atoms with E-state index in [2.05, 4.69) is 29.1 Å². The van der Waals surface area contributed by atoms with Crippen molar-refractivity contribution in [3.63, 3.8) is 0 Å². The minimum absolute atomic E-state index is 0.0463. The predicted molar refractivity (Wildman–Crippen MR) is 90.0 cm³/mol. The van der Waals surface area contributed by atoms with Crippen LogP contribution in [0.1, 0.15) is 6.92 Å². The third kappa shape index (κ3) is 5.41. The average Bonchev–Trinajstić information content (AvgIpc) is 2.54. The zero-order valence-electron chi connectivity index (χ0n) is 14.2. The van der Waals surface area contributed by atoms with Crippen LogP contribution in [0.5, 0.6) is 11.5 Å². The van der Waals surface area contributed by atoms with E-state index in [9.17, 15) is 4.79 Å². The summed E-state index contributed by atoms with van der Waals surface area (Å²) in [4.78, 5) is 16.5. The summed E-state index contributed by atoms with van der Waals surface area (Å²) in [6.07, 6.45) is 0. The van der Waals surface area contributed by atoms with Gasteiger partial charge in [-0.2, -0.15) is 0 Å². The number of benzene rings is 1. The van der Waals surface area contributed by atoms with Crippen molar-refractivity contribution in [2.24, 2.45) is 0 Å². The first-order chi connectivity index (χ1) is 11.1. The standard InChI is InChI=1S/C17H27N3O3/c1-14-12-19(2)9-10-20(14)13-17(21)18-8-11-23-16-7-5-4-6-15(16)22-3/h4-7,14H,8-13H2,1-3H3,(H,18,21). The quantitative estimate of drug-likeness (QED) is 0.754. The van der Waals surface area contributed by atoms with Crippen molar-refractivity contribution in [1.29, 1.82) is 0 Å². The van der Waals surface area contributed by atoms with E-state index in [0.717, 1.165) is 19.6 Å². The van der Waals surface area contributed by atoms with E-state index in [1.807, 2.05) is 24.3 Å². The number of carbonyl (C=O) groups excluding carboxylic acids is 1. The number of para-hydroxylation sites is 2. The van der Waals surface area contributed by atoms with Gasteiger partial charge in [-0.1, -0.05) is 12.1 Å². The molecule has 0 aromatic heterocycles. The van der Waals surface area contributed by atoms with Crippen LogP contribution < -0.4 is 14.8 Å². The Morgan fingerprint density at radius 2 is 2.04 bits per heavy atom. The van der Waals surface area contributed by atoms with E-state index in [1.54, 1.807) is 7.11 Å². The molecule has 0 saturated carbocycles. The number of nitrogens with zero attached hydrogens (tertiary/aromatic N) is 2. The molecule has 6 nitrogen and oxygen atoms in total. The highest BCUT2D eigenvalue weighted by Crippen LogP contribution is 2.25. The average molecular weight is 321 g/mol. The largest absolute Gasteiger partial charge is 0.493 e. The molecular weight excluding hydrogens is 294 g/mol. The number of methoxy groups -OCH3 is 1. The summed E-state index contributed by atoms with van der Waals surface area (Å²) in [6.45, 7) is 6.46. The first kappa shape index (κ1) is 17.6. The van der Waals surface area contributed by atoms with Gasteiger partial charge in [-0.05, 0) is 26.1 Å². The Labute approximate surface area is 138 Å². The zero-order chi connectivity index (χ0) is 16.7. The Hall–Kier alpha value is -1.79. The van der Waals surface area contributed by atoms with Gasteiger partial charge in [0.2, 0.25) is 5.91 Å². The van der Waals surface area contributed by atoms with E-state index < -0.39 is 0 Å². The van der Waals surface area contributed by atoms with Gasteiger partial charge in [0.25, 0.3) is 0 Å². The third-order valence-corrected chi connectivity index (χ3v) is 4.07. The second-order valence-electron chi connectivity index (χ2n) is 5.93. The predicted octanol–water partition coefficient (Wildman–Crippen LogP) is 0.826. The van der Waals surface area contributed by atoms with Gasteiger partial charge in [0, 0.05) is 25.7 Å². The maximum atomic E-state index is 12.0. The number of ether oxygens (including phenoxy) is 2. The topological polar surface area (TPSA) is 54.0 Å². The lowest BCUT2D eigenvalue weighted by Crippen LogP contribution is -2.53. The molecule has 1 fully saturated rings. The van der Waals surface area contributed by atoms with Crippen molar-refractivity contribution in [2.75, 3.05) is 53.5 Å². The van der Waals surface area contributed by atoms with Crippen LogP contribution >= 0.6 is 0 Å². The lowest BCUT2D eigenvalue weighted by Gasteiger charge is -2.37. The van der Waals surface area contributed by atoms with Crippen molar-refractivity contribution in [3.8, 4) is 11.5 Å². The summed E-state index contributed by atoms with van der Waals surface area (Å²) in [5.74, 6) is 1.44. The van der Waals surface area contributed by atoms with Crippen molar-refractivity contribution in [3.05, 3.63) is 24.3 Å². The molecule has 1 aromatic rings. The molecule has 1 atom stereocenters. The van der Waals surface area contributed by atoms with E-state index in [4.69, 9.17) is 9.47 Å². The number of hydrogen-bond acceptors (Lipinski definition) is 5. The highest BCUT2D eigenvalue weighted by molar-refractivity contribution is 5.78. The summed E-state index contributed by atoms with van der Waals surface area (Å²) < 4.78 is 10.9. The zero-order valence-corrected chi connectivity index (χ0v) is 14.2. The van der Waals surface area contributed by atoms with E-state index in [1.165, 1.54) is 0 Å². The van der Waals surface area contributed by atoms with Crippen LogP contribution in [-0.2, 0) is 4.79 Å². The monoisotopic (exact) mass is 321 g/mol. The molecule has 0 spiro atoms. The summed E-state index contributed by atoms with van der Waals surface area (Å²) in [5, 5.41) is 2.91. The first-order valence-electron chi connectivity index (χ1n) is 8.05. The number of likely N-dealkylation sites (N-methyl/N-ethyl adjacent to an activating group) is 1. The number of carbonyl (C=O) groups is 1. The lowest BCUT2D eigenvalue weighted by molar-refractivity contribution is -0.123. The first-order valence-corrected chi connectivity index (χ1v) is 8.05. The second kappa shape index (κ2) is 8.74. The maximum absolute atomic E-state index is 12.0. The summed E-state index contributed by atoms with van der Waals surface area (Å²) in [6, 6.07) is 7.90. The molecule has 1 unspecified atom stereocenters. The molecule has 0 aliphatic carbocycles. The van der Waals surface area contributed by atoms with Gasteiger partial charge in [-0.15, -0.1) is 0 Å². The van der Waals surface area contributed by atoms with Crippen molar-refractivity contribution in [1.82, 2.24) is 15.1 Å². The van der Waals surface area contributed by atoms with Gasteiger partial charge >= 0.3 is 0 Å². The Morgan fingerprint density at radius 3 is 2.74 bits per heavy atom. The molecule has 128 valence electrons. The fourth-order valence-electron chi connectivity index (χ4n) is 2.74. The normalized spacial score (nSPS) is 19.3. The van der Waals surface area contributed by atoms with Crippen LogP contribution in [0.4, 0.5) is 0 Å². The molecule has 1 aromatic carbocycles. The van der Waals surface area contributed by atoms with Gasteiger partial charge in [0.05, 0.1) is 20.2 Å². The minimum atomic E-state index is 0.0463. The maximum Gasteiger partial charge on any atom is 0.234 e. The molecule has 1 N–H and O–H groups in total. The Balaban J connectivity index is 1.67. The SMILES string of the molecule is COc1ccccc1OCCNC(=O)CN1CCN(C)CC1C. The van der Waals surface area contributed by atoms with Gasteiger partial charge < -0.3 is 19.7 Å². The van der Waals surface area contributed by atoms with Gasteiger partial charge in [0.1, 0.15) is 6.61 Å². The molecule has 1 aliphatic rings. The number of nitrogens with one attached hydrogen (secondary N) is 1. The molecule has 2 rings (SSSR count). The van der Waals surface area contributed by atoms with Crippen LogP contribution in [-0.4, -0.2) is 75.2 Å². The third-order valence-electron chi connectivity index (χ3n) is 4.07. The Morgan fingerprint density at radius 1 is 1.30 bits per heavy atom. The van der Waals surface area contributed by atoms with Crippen LogP contribution in [0.2, 0.25) is 0 Å². The summed E-state index contributed by atoms with van der Waals surface area (Å²) in [7, 11) is 3.73. The molecule has 6 heteroatoms. The number of hydrogen-bond donors (Lipinski definition) is 1. The van der Waals surface area contributed by atoms with Crippen LogP contribution in [0.3, 0.4) is 0 Å². The fourth-order valence-corrected chi connectivity index (χ4v) is 2.74. The fraction of sp³-hybridized carbons (Fsp3) is 0.588. The second-order valence-corrected chi connectivity index (χ2v) is 5.93. The van der Waals surface area contributed by atoms with Crippen molar-refractivity contribution in [2.45, 2.75) is 13.0 Å². The van der Waals surface area contributed by atoms with Crippen LogP contribution in [0, 0.1) is 0 Å². The van der Waals surface area contributed by atoms with Gasteiger partial charge in [-0.3, -0.25) is 9.69 Å². The number of rotatable bonds is 7. The summed E-state index contributed by atoms with van der Waals surface area (Å²) in [5.41, 5.74) is 0. The minimum Gasteiger partial charge on any atom is -0.493 e. The Bertz CT molecular complexity index is 510. The summed E-state index contributed by atoms with van der Waals surface area (Å²) >= 11 is 0. The molecule has 0 radical (unpaired) electrons. The van der Waals surface area contributed by atoms with Crippen molar-refractivity contribution < 1.29 is 14.3 Å². The van der Waals surface area contributed by atoms with Crippen LogP contribution in [0.15, 0.2) is 24.3 Å². The molecule has 1 amide bonds. The molecule has 1 aliphatic heterocycles. The van der Waals surface area contributed by atoms with E-state index in [-0.39, 0.29) is 5.91 Å². The lowest BCUT2D eigenvalue weighted by atomic mass is 10.2. The molecular formula is C17H27N3O3. The molecule has 0 bridgehead atoms.